The molecule has 0 unspecified atom stereocenters. The zero-order valence-electron chi connectivity index (χ0n) is 10.6. The van der Waals surface area contributed by atoms with E-state index in [2.05, 4.69) is 43.4 Å². The van der Waals surface area contributed by atoms with Crippen LogP contribution in [0.1, 0.15) is 5.56 Å². The molecule has 0 spiro atoms. The van der Waals surface area contributed by atoms with Gasteiger partial charge in [-0.15, -0.1) is 0 Å². The lowest BCUT2D eigenvalue weighted by molar-refractivity contribution is -0.119. The number of hydrogen-bond acceptors (Lipinski definition) is 4. The number of halogens is 1. The van der Waals surface area contributed by atoms with Crippen molar-refractivity contribution in [2.75, 3.05) is 11.9 Å². The standard InChI is InChI=1S/C14H13IN4O/c15-12-2-1-3-13(8-12)17-10-14(20)19-18-9-11-4-6-16-7-5-11/h1-9,17H,10H2,(H,19,20). The number of nitrogens with one attached hydrogen (secondary N) is 2. The number of amides is 1. The summed E-state index contributed by atoms with van der Waals surface area (Å²) in [7, 11) is 0. The fourth-order valence-electron chi connectivity index (χ4n) is 1.45. The van der Waals surface area contributed by atoms with Crippen LogP contribution in [-0.4, -0.2) is 23.7 Å². The Balaban J connectivity index is 1.77. The average Bonchev–Trinajstić information content (AvgIpc) is 2.46. The van der Waals surface area contributed by atoms with Crippen LogP contribution in [0, 0.1) is 3.57 Å². The number of carbonyl (C=O) groups is 1. The van der Waals surface area contributed by atoms with E-state index in [1.165, 1.54) is 0 Å². The molecule has 0 radical (unpaired) electrons. The van der Waals surface area contributed by atoms with E-state index in [0.29, 0.717) is 0 Å². The molecule has 2 aromatic rings. The van der Waals surface area contributed by atoms with Crippen LogP contribution < -0.4 is 10.7 Å². The largest absolute Gasteiger partial charge is 0.376 e. The average molecular weight is 380 g/mol. The molecule has 0 aliphatic rings. The second-order valence-electron chi connectivity index (χ2n) is 3.94. The number of hydrazone groups is 1. The summed E-state index contributed by atoms with van der Waals surface area (Å²) in [6.07, 6.45) is 4.91. The number of carbonyl (C=O) groups excluding carboxylic acids is 1. The minimum atomic E-state index is -0.200. The van der Waals surface area contributed by atoms with Crippen molar-refractivity contribution < 1.29 is 4.79 Å². The Labute approximate surface area is 130 Å². The summed E-state index contributed by atoms with van der Waals surface area (Å²) in [5.74, 6) is -0.200. The summed E-state index contributed by atoms with van der Waals surface area (Å²) in [6.45, 7) is 0.174. The third-order valence-electron chi connectivity index (χ3n) is 2.39. The molecule has 1 amide bonds. The Morgan fingerprint density at radius 2 is 2.10 bits per heavy atom. The predicted octanol–water partition coefficient (Wildman–Crippen LogP) is 2.25. The molecular formula is C14H13IN4O. The van der Waals surface area contributed by atoms with Crippen molar-refractivity contribution in [2.24, 2.45) is 5.10 Å². The van der Waals surface area contributed by atoms with Crippen molar-refractivity contribution in [1.82, 2.24) is 10.4 Å². The molecule has 6 heteroatoms. The van der Waals surface area contributed by atoms with Gasteiger partial charge in [0.1, 0.15) is 0 Å². The van der Waals surface area contributed by atoms with Gasteiger partial charge in [0, 0.05) is 21.7 Å². The fraction of sp³-hybridized carbons (Fsp3) is 0.0714. The molecule has 0 fully saturated rings. The second-order valence-corrected chi connectivity index (χ2v) is 5.18. The van der Waals surface area contributed by atoms with E-state index in [1.807, 2.05) is 24.3 Å². The summed E-state index contributed by atoms with van der Waals surface area (Å²) in [5, 5.41) is 6.91. The fourth-order valence-corrected chi connectivity index (χ4v) is 1.99. The van der Waals surface area contributed by atoms with Crippen molar-refractivity contribution in [3.63, 3.8) is 0 Å². The normalized spacial score (nSPS) is 10.4. The second kappa shape index (κ2) is 7.59. The highest BCUT2D eigenvalue weighted by molar-refractivity contribution is 14.1. The minimum absolute atomic E-state index is 0.174. The molecule has 2 N–H and O–H groups in total. The van der Waals surface area contributed by atoms with E-state index in [1.54, 1.807) is 30.7 Å². The number of hydrogen-bond donors (Lipinski definition) is 2. The van der Waals surface area contributed by atoms with Crippen molar-refractivity contribution in [2.45, 2.75) is 0 Å². The van der Waals surface area contributed by atoms with Crippen LogP contribution in [0.15, 0.2) is 53.9 Å². The van der Waals surface area contributed by atoms with E-state index < -0.39 is 0 Å². The van der Waals surface area contributed by atoms with Gasteiger partial charge in [-0.3, -0.25) is 9.78 Å². The highest BCUT2D eigenvalue weighted by Gasteiger charge is 1.99. The monoisotopic (exact) mass is 380 g/mol. The Kier molecular flexibility index (Phi) is 5.48. The zero-order valence-corrected chi connectivity index (χ0v) is 12.7. The molecule has 0 saturated heterocycles. The van der Waals surface area contributed by atoms with E-state index >= 15 is 0 Å². The first kappa shape index (κ1) is 14.4. The maximum atomic E-state index is 11.6. The summed E-state index contributed by atoms with van der Waals surface area (Å²) >= 11 is 2.22. The summed E-state index contributed by atoms with van der Waals surface area (Å²) in [5.41, 5.74) is 4.25. The number of nitrogens with zero attached hydrogens (tertiary/aromatic N) is 2. The van der Waals surface area contributed by atoms with Crippen molar-refractivity contribution in [3.8, 4) is 0 Å². The third kappa shape index (κ3) is 4.96. The van der Waals surface area contributed by atoms with E-state index in [-0.39, 0.29) is 12.5 Å². The Hall–Kier alpha value is -1.96. The molecule has 5 nitrogen and oxygen atoms in total. The van der Waals surface area contributed by atoms with Gasteiger partial charge in [0.2, 0.25) is 0 Å². The quantitative estimate of drug-likeness (QED) is 0.475. The maximum Gasteiger partial charge on any atom is 0.259 e. The molecule has 0 saturated carbocycles. The first-order valence-electron chi connectivity index (χ1n) is 5.95. The predicted molar refractivity (Wildman–Crippen MR) is 87.6 cm³/mol. The molecule has 2 rings (SSSR count). The van der Waals surface area contributed by atoms with Crippen molar-refractivity contribution in [3.05, 3.63) is 57.9 Å². The SMILES string of the molecule is O=C(CNc1cccc(I)c1)NN=Cc1ccncc1. The molecule has 0 aliphatic heterocycles. The van der Waals surface area contributed by atoms with Gasteiger partial charge in [0.15, 0.2) is 0 Å². The maximum absolute atomic E-state index is 11.6. The Bertz CT molecular complexity index is 601. The lowest BCUT2D eigenvalue weighted by atomic mass is 10.3. The van der Waals surface area contributed by atoms with Crippen molar-refractivity contribution in [1.29, 1.82) is 0 Å². The number of anilines is 1. The van der Waals surface area contributed by atoms with Gasteiger partial charge in [-0.05, 0) is 58.5 Å². The third-order valence-corrected chi connectivity index (χ3v) is 3.06. The molecule has 102 valence electrons. The van der Waals surface area contributed by atoms with Gasteiger partial charge in [-0.1, -0.05) is 6.07 Å². The van der Waals surface area contributed by atoms with Gasteiger partial charge in [-0.2, -0.15) is 5.10 Å². The van der Waals surface area contributed by atoms with Gasteiger partial charge in [0.05, 0.1) is 12.8 Å². The Morgan fingerprint density at radius 1 is 1.30 bits per heavy atom. The Morgan fingerprint density at radius 3 is 2.85 bits per heavy atom. The highest BCUT2D eigenvalue weighted by Crippen LogP contribution is 2.11. The van der Waals surface area contributed by atoms with E-state index in [9.17, 15) is 4.79 Å². The smallest absolute Gasteiger partial charge is 0.259 e. The summed E-state index contributed by atoms with van der Waals surface area (Å²) < 4.78 is 1.11. The van der Waals surface area contributed by atoms with Crippen LogP contribution in [0.2, 0.25) is 0 Å². The lowest BCUT2D eigenvalue weighted by Gasteiger charge is -2.05. The molecular weight excluding hydrogens is 367 g/mol. The molecule has 0 atom stereocenters. The van der Waals surface area contributed by atoms with Gasteiger partial charge >= 0.3 is 0 Å². The van der Waals surface area contributed by atoms with E-state index in [0.717, 1.165) is 14.8 Å². The topological polar surface area (TPSA) is 66.4 Å². The van der Waals surface area contributed by atoms with Crippen molar-refractivity contribution >= 4 is 40.4 Å². The van der Waals surface area contributed by atoms with Crippen LogP contribution in [0.25, 0.3) is 0 Å². The van der Waals surface area contributed by atoms with E-state index in [4.69, 9.17) is 0 Å². The molecule has 1 aromatic carbocycles. The molecule has 0 bridgehead atoms. The highest BCUT2D eigenvalue weighted by atomic mass is 127. The van der Waals surface area contributed by atoms with Crippen LogP contribution in [0.3, 0.4) is 0 Å². The molecule has 20 heavy (non-hydrogen) atoms. The molecule has 0 aliphatic carbocycles. The minimum Gasteiger partial charge on any atom is -0.376 e. The van der Waals surface area contributed by atoms with Gasteiger partial charge < -0.3 is 5.32 Å². The molecule has 1 aromatic heterocycles. The van der Waals surface area contributed by atoms with Crippen LogP contribution in [0.5, 0.6) is 0 Å². The summed E-state index contributed by atoms with van der Waals surface area (Å²) in [6, 6.07) is 11.4. The van der Waals surface area contributed by atoms with Gasteiger partial charge in [0.25, 0.3) is 5.91 Å². The molecule has 1 heterocycles. The first-order valence-corrected chi connectivity index (χ1v) is 7.03. The lowest BCUT2D eigenvalue weighted by Crippen LogP contribution is -2.25. The van der Waals surface area contributed by atoms with Gasteiger partial charge in [-0.25, -0.2) is 5.43 Å². The number of aromatic nitrogens is 1. The van der Waals surface area contributed by atoms with Crippen LogP contribution in [0.4, 0.5) is 5.69 Å². The first-order chi connectivity index (χ1) is 9.74. The zero-order chi connectivity index (χ0) is 14.2. The number of benzene rings is 1. The van der Waals surface area contributed by atoms with Crippen LogP contribution in [-0.2, 0) is 4.79 Å². The summed E-state index contributed by atoms with van der Waals surface area (Å²) in [4.78, 5) is 15.5. The van der Waals surface area contributed by atoms with Crippen LogP contribution >= 0.6 is 22.6 Å². The number of rotatable bonds is 5. The number of pyridine rings is 1.